The van der Waals surface area contributed by atoms with Gasteiger partial charge in [-0.3, -0.25) is 10.3 Å². The number of amidine groups is 1. The summed E-state index contributed by atoms with van der Waals surface area (Å²) in [6.45, 7) is 1.12. The van der Waals surface area contributed by atoms with Crippen LogP contribution in [0.4, 0.5) is 4.39 Å². The summed E-state index contributed by atoms with van der Waals surface area (Å²) in [6, 6.07) is 12.2. The number of benzene rings is 2. The fourth-order valence-electron chi connectivity index (χ4n) is 2.15. The van der Waals surface area contributed by atoms with Crippen molar-refractivity contribution in [3.8, 4) is 0 Å². The lowest BCUT2D eigenvalue weighted by atomic mass is 10.1. The van der Waals surface area contributed by atoms with Crippen LogP contribution in [0.3, 0.4) is 0 Å². The fourth-order valence-corrected chi connectivity index (χ4v) is 2.30. The van der Waals surface area contributed by atoms with Crippen LogP contribution in [-0.2, 0) is 13.1 Å². The zero-order chi connectivity index (χ0) is 15.4. The second-order valence-corrected chi connectivity index (χ2v) is 5.46. The molecule has 2 aromatic carbocycles. The van der Waals surface area contributed by atoms with Crippen LogP contribution in [0, 0.1) is 11.2 Å². The minimum absolute atomic E-state index is 0.0447. The molecule has 0 aliphatic carbocycles. The van der Waals surface area contributed by atoms with Gasteiger partial charge in [-0.2, -0.15) is 0 Å². The maximum absolute atomic E-state index is 13.8. The number of hydrogen-bond acceptors (Lipinski definition) is 2. The van der Waals surface area contributed by atoms with E-state index in [9.17, 15) is 4.39 Å². The first-order chi connectivity index (χ1) is 9.95. The zero-order valence-corrected chi connectivity index (χ0v) is 12.5. The van der Waals surface area contributed by atoms with Gasteiger partial charge in [-0.25, -0.2) is 4.39 Å². The molecule has 3 nitrogen and oxygen atoms in total. The third kappa shape index (κ3) is 4.28. The van der Waals surface area contributed by atoms with E-state index in [0.29, 0.717) is 29.2 Å². The molecule has 0 saturated carbocycles. The van der Waals surface area contributed by atoms with E-state index in [-0.39, 0.29) is 11.7 Å². The lowest BCUT2D eigenvalue weighted by Gasteiger charge is -2.17. The van der Waals surface area contributed by atoms with Crippen LogP contribution in [-0.4, -0.2) is 17.8 Å². The highest BCUT2D eigenvalue weighted by Crippen LogP contribution is 2.17. The molecule has 0 amide bonds. The Hall–Kier alpha value is -1.91. The maximum Gasteiger partial charge on any atom is 0.129 e. The van der Waals surface area contributed by atoms with Crippen LogP contribution in [0.2, 0.25) is 5.02 Å². The summed E-state index contributed by atoms with van der Waals surface area (Å²) in [5, 5.41) is 7.84. The Bertz CT molecular complexity index is 658. The van der Waals surface area contributed by atoms with Crippen molar-refractivity contribution in [3.63, 3.8) is 0 Å². The monoisotopic (exact) mass is 305 g/mol. The molecular weight excluding hydrogens is 289 g/mol. The summed E-state index contributed by atoms with van der Waals surface area (Å²) in [6.07, 6.45) is 0. The molecule has 0 radical (unpaired) electrons. The summed E-state index contributed by atoms with van der Waals surface area (Å²) in [4.78, 5) is 1.99. The molecule has 3 N–H and O–H groups in total. The van der Waals surface area contributed by atoms with Crippen LogP contribution in [0.25, 0.3) is 0 Å². The van der Waals surface area contributed by atoms with Crippen LogP contribution < -0.4 is 5.73 Å². The Labute approximate surface area is 128 Å². The van der Waals surface area contributed by atoms with Crippen molar-refractivity contribution in [2.45, 2.75) is 13.1 Å². The van der Waals surface area contributed by atoms with Crippen LogP contribution in [0.15, 0.2) is 42.5 Å². The van der Waals surface area contributed by atoms with E-state index < -0.39 is 0 Å². The molecule has 0 spiro atoms. The molecule has 0 bridgehead atoms. The van der Waals surface area contributed by atoms with Crippen molar-refractivity contribution in [1.82, 2.24) is 4.90 Å². The number of nitrogens with two attached hydrogens (primary N) is 1. The van der Waals surface area contributed by atoms with E-state index in [1.165, 1.54) is 6.07 Å². The number of nitrogens with zero attached hydrogens (tertiary/aromatic N) is 1. The van der Waals surface area contributed by atoms with E-state index in [1.54, 1.807) is 18.2 Å². The van der Waals surface area contributed by atoms with Gasteiger partial charge < -0.3 is 5.73 Å². The molecule has 0 heterocycles. The highest BCUT2D eigenvalue weighted by atomic mass is 35.5. The first kappa shape index (κ1) is 15.5. The predicted octanol–water partition coefficient (Wildman–Crippen LogP) is 3.40. The van der Waals surface area contributed by atoms with Crippen molar-refractivity contribution in [2.24, 2.45) is 5.73 Å². The van der Waals surface area contributed by atoms with Crippen molar-refractivity contribution >= 4 is 17.4 Å². The van der Waals surface area contributed by atoms with Crippen molar-refractivity contribution in [2.75, 3.05) is 7.05 Å². The Morgan fingerprint density at radius 1 is 1.24 bits per heavy atom. The molecule has 0 fully saturated rings. The highest BCUT2D eigenvalue weighted by Gasteiger charge is 2.08. The Balaban J connectivity index is 2.06. The number of halogens is 2. The third-order valence-corrected chi connectivity index (χ3v) is 3.38. The van der Waals surface area contributed by atoms with Gasteiger partial charge in [-0.05, 0) is 30.8 Å². The maximum atomic E-state index is 13.8. The number of nitrogen functional groups attached to an aromatic ring is 1. The van der Waals surface area contributed by atoms with Gasteiger partial charge in [0, 0.05) is 29.2 Å². The largest absolute Gasteiger partial charge is 0.384 e. The summed E-state index contributed by atoms with van der Waals surface area (Å²) >= 11 is 5.74. The molecule has 0 saturated heterocycles. The average molecular weight is 306 g/mol. The van der Waals surface area contributed by atoms with Crippen LogP contribution in [0.1, 0.15) is 16.7 Å². The van der Waals surface area contributed by atoms with Gasteiger partial charge in [-0.1, -0.05) is 35.9 Å². The summed E-state index contributed by atoms with van der Waals surface area (Å²) in [5.41, 5.74) is 7.80. The molecule has 2 rings (SSSR count). The third-order valence-electron chi connectivity index (χ3n) is 3.15. The minimum Gasteiger partial charge on any atom is -0.384 e. The van der Waals surface area contributed by atoms with E-state index in [4.69, 9.17) is 22.7 Å². The van der Waals surface area contributed by atoms with Gasteiger partial charge in [0.25, 0.3) is 0 Å². The zero-order valence-electron chi connectivity index (χ0n) is 11.7. The first-order valence-corrected chi connectivity index (χ1v) is 6.89. The SMILES string of the molecule is CN(Cc1cccc(C(=N)N)c1)Cc1ccc(Cl)cc1F. The van der Waals surface area contributed by atoms with E-state index in [0.717, 1.165) is 5.56 Å². The first-order valence-electron chi connectivity index (χ1n) is 6.51. The summed E-state index contributed by atoms with van der Waals surface area (Å²) in [7, 11) is 1.91. The standard InChI is InChI=1S/C16H17ClFN3/c1-21(10-13-5-6-14(17)8-15(13)18)9-11-3-2-4-12(7-11)16(19)20/h2-8H,9-10H2,1H3,(H3,19,20). The molecule has 0 atom stereocenters. The molecule has 0 aliphatic heterocycles. The average Bonchev–Trinajstić information content (AvgIpc) is 2.42. The predicted molar refractivity (Wildman–Crippen MR) is 84.0 cm³/mol. The number of nitrogens with one attached hydrogen (secondary N) is 1. The molecule has 0 unspecified atom stereocenters. The summed E-state index contributed by atoms with van der Waals surface area (Å²) < 4.78 is 13.8. The van der Waals surface area contributed by atoms with Crippen molar-refractivity contribution in [1.29, 1.82) is 5.41 Å². The number of rotatable bonds is 5. The van der Waals surface area contributed by atoms with Crippen LogP contribution in [0.5, 0.6) is 0 Å². The molecule has 5 heteroatoms. The molecule has 0 aliphatic rings. The van der Waals surface area contributed by atoms with Crippen molar-refractivity contribution < 1.29 is 4.39 Å². The Morgan fingerprint density at radius 2 is 2.00 bits per heavy atom. The molecular formula is C16H17ClFN3. The van der Waals surface area contributed by atoms with Gasteiger partial charge in [-0.15, -0.1) is 0 Å². The lowest BCUT2D eigenvalue weighted by molar-refractivity contribution is 0.313. The van der Waals surface area contributed by atoms with Gasteiger partial charge in [0.15, 0.2) is 0 Å². The molecule has 0 aromatic heterocycles. The number of hydrogen-bond donors (Lipinski definition) is 2. The van der Waals surface area contributed by atoms with Gasteiger partial charge in [0.2, 0.25) is 0 Å². The highest BCUT2D eigenvalue weighted by molar-refractivity contribution is 6.30. The smallest absolute Gasteiger partial charge is 0.129 e. The van der Waals surface area contributed by atoms with Crippen LogP contribution >= 0.6 is 11.6 Å². The fraction of sp³-hybridized carbons (Fsp3) is 0.188. The van der Waals surface area contributed by atoms with E-state index in [2.05, 4.69) is 0 Å². The summed E-state index contributed by atoms with van der Waals surface area (Å²) in [5.74, 6) is -0.255. The normalized spacial score (nSPS) is 10.9. The topological polar surface area (TPSA) is 53.1 Å². The molecule has 21 heavy (non-hydrogen) atoms. The lowest BCUT2D eigenvalue weighted by Crippen LogP contribution is -2.18. The van der Waals surface area contributed by atoms with Gasteiger partial charge in [0.05, 0.1) is 0 Å². The van der Waals surface area contributed by atoms with Gasteiger partial charge >= 0.3 is 0 Å². The van der Waals surface area contributed by atoms with Gasteiger partial charge in [0.1, 0.15) is 11.7 Å². The molecule has 2 aromatic rings. The Morgan fingerprint density at radius 3 is 2.67 bits per heavy atom. The van der Waals surface area contributed by atoms with E-state index >= 15 is 0 Å². The molecule has 110 valence electrons. The second-order valence-electron chi connectivity index (χ2n) is 5.02. The Kier molecular flexibility index (Phi) is 4.94. The van der Waals surface area contributed by atoms with Crippen molar-refractivity contribution in [3.05, 3.63) is 70.0 Å². The van der Waals surface area contributed by atoms with E-state index in [1.807, 2.05) is 30.1 Å². The minimum atomic E-state index is -0.299. The quantitative estimate of drug-likeness (QED) is 0.657. The second kappa shape index (κ2) is 6.70.